The van der Waals surface area contributed by atoms with Gasteiger partial charge in [0.1, 0.15) is 5.76 Å². The molecule has 1 saturated heterocycles. The van der Waals surface area contributed by atoms with Crippen molar-refractivity contribution >= 4 is 11.9 Å². The van der Waals surface area contributed by atoms with E-state index in [1.807, 2.05) is 12.1 Å². The van der Waals surface area contributed by atoms with Crippen molar-refractivity contribution < 1.29 is 9.21 Å². The predicted octanol–water partition coefficient (Wildman–Crippen LogP) is 1.39. The highest BCUT2D eigenvalue weighted by Gasteiger charge is 2.39. The zero-order valence-electron chi connectivity index (χ0n) is 13.8. The van der Waals surface area contributed by atoms with Crippen molar-refractivity contribution in [1.82, 2.24) is 15.5 Å². The van der Waals surface area contributed by atoms with Crippen molar-refractivity contribution in [1.29, 1.82) is 0 Å². The van der Waals surface area contributed by atoms with Gasteiger partial charge >= 0.3 is 0 Å². The van der Waals surface area contributed by atoms with Gasteiger partial charge in [0, 0.05) is 51.0 Å². The molecule has 2 fully saturated rings. The van der Waals surface area contributed by atoms with Crippen molar-refractivity contribution in [3.8, 4) is 0 Å². The summed E-state index contributed by atoms with van der Waals surface area (Å²) in [5.41, 5.74) is 0. The van der Waals surface area contributed by atoms with Gasteiger partial charge in [-0.05, 0) is 31.9 Å². The molecule has 1 aromatic rings. The fraction of sp³-hybridized carbons (Fsp3) is 0.647. The van der Waals surface area contributed by atoms with Crippen LogP contribution in [0, 0.1) is 5.92 Å². The Hall–Kier alpha value is -1.98. The lowest BCUT2D eigenvalue weighted by atomic mass is 10.1. The number of carbonyl (C=O) groups is 1. The minimum atomic E-state index is 0.309. The summed E-state index contributed by atoms with van der Waals surface area (Å²) in [5.74, 6) is 2.44. The lowest BCUT2D eigenvalue weighted by Gasteiger charge is -2.15. The molecule has 1 unspecified atom stereocenters. The average molecular weight is 318 g/mol. The van der Waals surface area contributed by atoms with Gasteiger partial charge in [0.15, 0.2) is 5.96 Å². The summed E-state index contributed by atoms with van der Waals surface area (Å²) in [5, 5.41) is 6.57. The van der Waals surface area contributed by atoms with E-state index in [4.69, 9.17) is 4.42 Å². The molecule has 3 rings (SSSR count). The Bertz CT molecular complexity index is 537. The number of hydrogen-bond acceptors (Lipinski definition) is 3. The summed E-state index contributed by atoms with van der Waals surface area (Å²) in [6, 6.07) is 4.40. The van der Waals surface area contributed by atoms with E-state index < -0.39 is 0 Å². The molecule has 1 aliphatic carbocycles. The molecule has 2 N–H and O–H groups in total. The Balaban J connectivity index is 1.45. The SMILES string of the molecule is CCNC(=NCC1CC(=O)N(C2CC2)C1)NCCc1ccco1. The lowest BCUT2D eigenvalue weighted by molar-refractivity contribution is -0.128. The topological polar surface area (TPSA) is 69.9 Å². The van der Waals surface area contributed by atoms with E-state index >= 15 is 0 Å². The maximum absolute atomic E-state index is 12.0. The maximum Gasteiger partial charge on any atom is 0.223 e. The van der Waals surface area contributed by atoms with E-state index in [2.05, 4.69) is 27.4 Å². The number of furan rings is 1. The molecule has 2 aliphatic rings. The number of rotatable bonds is 7. The molecule has 1 aliphatic heterocycles. The second kappa shape index (κ2) is 7.53. The number of likely N-dealkylation sites (tertiary alicyclic amines) is 1. The first-order valence-corrected chi connectivity index (χ1v) is 8.60. The first kappa shape index (κ1) is 15.9. The fourth-order valence-corrected chi connectivity index (χ4v) is 2.99. The van der Waals surface area contributed by atoms with Crippen molar-refractivity contribution in [2.45, 2.75) is 38.6 Å². The van der Waals surface area contributed by atoms with Crippen LogP contribution in [0.3, 0.4) is 0 Å². The van der Waals surface area contributed by atoms with Crippen LogP contribution in [0.5, 0.6) is 0 Å². The number of hydrogen-bond donors (Lipinski definition) is 2. The van der Waals surface area contributed by atoms with Crippen LogP contribution in [-0.2, 0) is 11.2 Å². The highest BCUT2D eigenvalue weighted by Crippen LogP contribution is 2.32. The Morgan fingerprint density at radius 1 is 1.43 bits per heavy atom. The first-order valence-electron chi connectivity index (χ1n) is 8.60. The maximum atomic E-state index is 12.0. The monoisotopic (exact) mass is 318 g/mol. The lowest BCUT2D eigenvalue weighted by Crippen LogP contribution is -2.38. The molecule has 23 heavy (non-hydrogen) atoms. The number of amides is 1. The molecule has 6 heteroatoms. The summed E-state index contributed by atoms with van der Waals surface area (Å²) < 4.78 is 5.33. The van der Waals surface area contributed by atoms with Crippen LogP contribution in [0.2, 0.25) is 0 Å². The van der Waals surface area contributed by atoms with Gasteiger partial charge in [-0.3, -0.25) is 9.79 Å². The number of guanidine groups is 1. The van der Waals surface area contributed by atoms with Crippen molar-refractivity contribution in [3.05, 3.63) is 24.2 Å². The third kappa shape index (κ3) is 4.50. The Labute approximate surface area is 137 Å². The molecular formula is C17H26N4O2. The zero-order chi connectivity index (χ0) is 16.1. The van der Waals surface area contributed by atoms with Crippen molar-refractivity contribution in [2.24, 2.45) is 10.9 Å². The highest BCUT2D eigenvalue weighted by molar-refractivity contribution is 5.80. The van der Waals surface area contributed by atoms with Gasteiger partial charge < -0.3 is 20.0 Å². The molecule has 2 heterocycles. The number of aliphatic imine (C=N–C) groups is 1. The molecule has 1 saturated carbocycles. The number of nitrogens with one attached hydrogen (secondary N) is 2. The van der Waals surface area contributed by atoms with Crippen LogP contribution >= 0.6 is 0 Å². The summed E-state index contributed by atoms with van der Waals surface area (Å²) in [4.78, 5) is 18.7. The van der Waals surface area contributed by atoms with Crippen LogP contribution in [0.4, 0.5) is 0 Å². The van der Waals surface area contributed by atoms with Crippen LogP contribution in [0.15, 0.2) is 27.8 Å². The molecule has 1 aromatic heterocycles. The molecule has 126 valence electrons. The fourth-order valence-electron chi connectivity index (χ4n) is 2.99. The molecular weight excluding hydrogens is 292 g/mol. The van der Waals surface area contributed by atoms with Gasteiger partial charge in [-0.2, -0.15) is 0 Å². The second-order valence-corrected chi connectivity index (χ2v) is 6.32. The van der Waals surface area contributed by atoms with Gasteiger partial charge in [-0.15, -0.1) is 0 Å². The molecule has 0 spiro atoms. The van der Waals surface area contributed by atoms with E-state index in [-0.39, 0.29) is 0 Å². The van der Waals surface area contributed by atoms with Gasteiger partial charge in [0.05, 0.1) is 6.26 Å². The van der Waals surface area contributed by atoms with E-state index in [1.165, 1.54) is 12.8 Å². The third-order valence-corrected chi connectivity index (χ3v) is 4.32. The average Bonchev–Trinajstić information content (AvgIpc) is 3.11. The van der Waals surface area contributed by atoms with E-state index in [0.29, 0.717) is 30.8 Å². The molecule has 1 atom stereocenters. The normalized spacial score (nSPS) is 21.8. The van der Waals surface area contributed by atoms with Crippen molar-refractivity contribution in [3.63, 3.8) is 0 Å². The van der Waals surface area contributed by atoms with Crippen LogP contribution in [-0.4, -0.2) is 49.0 Å². The van der Waals surface area contributed by atoms with E-state index in [9.17, 15) is 4.79 Å². The Kier molecular flexibility index (Phi) is 5.20. The second-order valence-electron chi connectivity index (χ2n) is 6.32. The number of nitrogens with zero attached hydrogens (tertiary/aromatic N) is 2. The molecule has 0 radical (unpaired) electrons. The summed E-state index contributed by atoms with van der Waals surface area (Å²) in [6.45, 7) is 5.23. The van der Waals surface area contributed by atoms with Crippen LogP contribution < -0.4 is 10.6 Å². The third-order valence-electron chi connectivity index (χ3n) is 4.32. The van der Waals surface area contributed by atoms with Crippen molar-refractivity contribution in [2.75, 3.05) is 26.2 Å². The quantitative estimate of drug-likeness (QED) is 0.589. The largest absolute Gasteiger partial charge is 0.469 e. The van der Waals surface area contributed by atoms with E-state index in [0.717, 1.165) is 37.8 Å². The van der Waals surface area contributed by atoms with Gasteiger partial charge in [0.2, 0.25) is 5.91 Å². The molecule has 1 amide bonds. The first-order chi connectivity index (χ1) is 11.3. The molecule has 0 bridgehead atoms. The Morgan fingerprint density at radius 2 is 2.30 bits per heavy atom. The molecule has 6 nitrogen and oxygen atoms in total. The van der Waals surface area contributed by atoms with E-state index in [1.54, 1.807) is 6.26 Å². The van der Waals surface area contributed by atoms with Crippen LogP contribution in [0.1, 0.15) is 31.9 Å². The summed E-state index contributed by atoms with van der Waals surface area (Å²) in [6.07, 6.45) is 5.52. The minimum Gasteiger partial charge on any atom is -0.469 e. The highest BCUT2D eigenvalue weighted by atomic mass is 16.3. The zero-order valence-corrected chi connectivity index (χ0v) is 13.8. The standard InChI is InChI=1S/C17H26N4O2/c1-2-18-17(19-8-7-15-4-3-9-23-15)20-11-13-10-16(22)21(12-13)14-5-6-14/h3-4,9,13-14H,2,5-8,10-12H2,1H3,(H2,18,19,20). The summed E-state index contributed by atoms with van der Waals surface area (Å²) in [7, 11) is 0. The summed E-state index contributed by atoms with van der Waals surface area (Å²) >= 11 is 0. The Morgan fingerprint density at radius 3 is 3.00 bits per heavy atom. The minimum absolute atomic E-state index is 0.309. The van der Waals surface area contributed by atoms with Gasteiger partial charge in [-0.1, -0.05) is 0 Å². The number of carbonyl (C=O) groups excluding carboxylic acids is 1. The van der Waals surface area contributed by atoms with Gasteiger partial charge in [0.25, 0.3) is 0 Å². The predicted molar refractivity (Wildman–Crippen MR) is 89.2 cm³/mol. The van der Waals surface area contributed by atoms with Crippen LogP contribution in [0.25, 0.3) is 0 Å². The molecule has 0 aromatic carbocycles. The smallest absolute Gasteiger partial charge is 0.223 e. The van der Waals surface area contributed by atoms with Gasteiger partial charge in [-0.25, -0.2) is 0 Å².